The molecule has 0 aromatic heterocycles. The number of fused-ring (bicyclic) bond motifs is 1. The zero-order valence-electron chi connectivity index (χ0n) is 9.06. The lowest BCUT2D eigenvalue weighted by Gasteiger charge is -2.30. The molecule has 4 heteroatoms. The average Bonchev–Trinajstić information content (AvgIpc) is 2.29. The van der Waals surface area contributed by atoms with Crippen molar-refractivity contribution in [1.82, 2.24) is 0 Å². The number of hydrogen-bond donors (Lipinski definition) is 0. The minimum atomic E-state index is -0.341. The van der Waals surface area contributed by atoms with Crippen molar-refractivity contribution in [3.05, 3.63) is 46.5 Å². The van der Waals surface area contributed by atoms with Crippen LogP contribution in [-0.2, 0) is 6.42 Å². The van der Waals surface area contributed by atoms with Gasteiger partial charge in [-0.3, -0.25) is 10.1 Å². The highest BCUT2D eigenvalue weighted by Crippen LogP contribution is 2.30. The molecule has 1 heterocycles. The molecule has 1 aliphatic rings. The maximum atomic E-state index is 10.7. The predicted molar refractivity (Wildman–Crippen MR) is 63.8 cm³/mol. The molecule has 0 aliphatic carbocycles. The molecule has 0 atom stereocenters. The van der Waals surface area contributed by atoms with Crippen LogP contribution in [-0.4, -0.2) is 18.0 Å². The highest BCUT2D eigenvalue weighted by molar-refractivity contribution is 5.59. The van der Waals surface area contributed by atoms with Crippen LogP contribution in [0.5, 0.6) is 0 Å². The zero-order valence-corrected chi connectivity index (χ0v) is 9.06. The number of rotatable bonds is 3. The normalized spacial score (nSPS) is 14.4. The summed E-state index contributed by atoms with van der Waals surface area (Å²) in [5.41, 5.74) is 2.36. The maximum Gasteiger partial charge on any atom is 0.269 e. The highest BCUT2D eigenvalue weighted by Gasteiger charge is 2.18. The third-order valence-corrected chi connectivity index (χ3v) is 2.84. The van der Waals surface area contributed by atoms with E-state index in [9.17, 15) is 10.1 Å². The summed E-state index contributed by atoms with van der Waals surface area (Å²) in [6.07, 6.45) is 3.82. The van der Waals surface area contributed by atoms with Crippen LogP contribution in [0.1, 0.15) is 12.0 Å². The van der Waals surface area contributed by atoms with Crippen molar-refractivity contribution in [2.24, 2.45) is 0 Å². The lowest BCUT2D eigenvalue weighted by atomic mass is 10.0. The summed E-state index contributed by atoms with van der Waals surface area (Å²) < 4.78 is 0. The van der Waals surface area contributed by atoms with Crippen LogP contribution in [0.25, 0.3) is 0 Å². The third-order valence-electron chi connectivity index (χ3n) is 2.84. The summed E-state index contributed by atoms with van der Waals surface area (Å²) in [5, 5.41) is 10.7. The first-order chi connectivity index (χ1) is 7.72. The van der Waals surface area contributed by atoms with E-state index in [1.165, 1.54) is 0 Å². The van der Waals surface area contributed by atoms with Gasteiger partial charge in [-0.05, 0) is 24.5 Å². The number of hydrogen-bond acceptors (Lipinski definition) is 3. The first kappa shape index (κ1) is 10.7. The van der Waals surface area contributed by atoms with E-state index >= 15 is 0 Å². The van der Waals surface area contributed by atoms with Crippen molar-refractivity contribution < 1.29 is 4.92 Å². The Labute approximate surface area is 94.3 Å². The molecule has 4 nitrogen and oxygen atoms in total. The van der Waals surface area contributed by atoms with E-state index in [4.69, 9.17) is 0 Å². The summed E-state index contributed by atoms with van der Waals surface area (Å²) in [6.45, 7) is 5.52. The second kappa shape index (κ2) is 4.35. The fourth-order valence-electron chi connectivity index (χ4n) is 2.12. The second-order valence-electron chi connectivity index (χ2n) is 3.91. The van der Waals surface area contributed by atoms with Crippen molar-refractivity contribution in [3.8, 4) is 0 Å². The minimum absolute atomic E-state index is 0.180. The van der Waals surface area contributed by atoms with Gasteiger partial charge in [0, 0.05) is 30.9 Å². The zero-order chi connectivity index (χ0) is 11.5. The monoisotopic (exact) mass is 218 g/mol. The van der Waals surface area contributed by atoms with E-state index in [0.717, 1.165) is 37.2 Å². The van der Waals surface area contributed by atoms with Crippen LogP contribution in [0.2, 0.25) is 0 Å². The Balaban J connectivity index is 2.36. The number of nitro benzene ring substituents is 1. The molecule has 0 saturated heterocycles. The molecule has 0 amide bonds. The molecule has 0 unspecified atom stereocenters. The van der Waals surface area contributed by atoms with Gasteiger partial charge in [0.1, 0.15) is 0 Å². The SMILES string of the molecule is C=CCN1CCCc2cc([N+](=O)[O-])ccc21. The molecule has 2 rings (SSSR count). The number of anilines is 1. The Hall–Kier alpha value is -1.84. The van der Waals surface area contributed by atoms with Gasteiger partial charge >= 0.3 is 0 Å². The van der Waals surface area contributed by atoms with E-state index in [1.807, 2.05) is 12.1 Å². The van der Waals surface area contributed by atoms with Crippen LogP contribution in [0.3, 0.4) is 0 Å². The first-order valence-electron chi connectivity index (χ1n) is 5.35. The van der Waals surface area contributed by atoms with E-state index < -0.39 is 0 Å². The van der Waals surface area contributed by atoms with Gasteiger partial charge in [0.05, 0.1) is 4.92 Å². The summed E-state index contributed by atoms with van der Waals surface area (Å²) in [6, 6.07) is 5.10. The van der Waals surface area contributed by atoms with Crippen LogP contribution in [0, 0.1) is 10.1 Å². The van der Waals surface area contributed by atoms with E-state index in [1.54, 1.807) is 12.1 Å². The molecular formula is C12H14N2O2. The van der Waals surface area contributed by atoms with Crippen LogP contribution in [0.15, 0.2) is 30.9 Å². The van der Waals surface area contributed by atoms with Gasteiger partial charge in [0.25, 0.3) is 5.69 Å². The summed E-state index contributed by atoms with van der Waals surface area (Å²) in [7, 11) is 0. The Morgan fingerprint density at radius 1 is 1.56 bits per heavy atom. The van der Waals surface area contributed by atoms with Crippen molar-refractivity contribution in [2.45, 2.75) is 12.8 Å². The molecule has 1 aromatic carbocycles. The van der Waals surface area contributed by atoms with Crippen molar-refractivity contribution in [3.63, 3.8) is 0 Å². The van der Waals surface area contributed by atoms with E-state index in [2.05, 4.69) is 11.5 Å². The third kappa shape index (κ3) is 1.91. The lowest BCUT2D eigenvalue weighted by molar-refractivity contribution is -0.384. The van der Waals surface area contributed by atoms with Crippen molar-refractivity contribution in [2.75, 3.05) is 18.0 Å². The van der Waals surface area contributed by atoms with Gasteiger partial charge in [0.2, 0.25) is 0 Å². The fourth-order valence-corrected chi connectivity index (χ4v) is 2.12. The van der Waals surface area contributed by atoms with Gasteiger partial charge in [0.15, 0.2) is 0 Å². The van der Waals surface area contributed by atoms with Gasteiger partial charge in [-0.15, -0.1) is 6.58 Å². The largest absolute Gasteiger partial charge is 0.368 e. The lowest BCUT2D eigenvalue weighted by Crippen LogP contribution is -2.29. The van der Waals surface area contributed by atoms with Gasteiger partial charge in [-0.25, -0.2) is 0 Å². The minimum Gasteiger partial charge on any atom is -0.368 e. The number of aryl methyl sites for hydroxylation is 1. The van der Waals surface area contributed by atoms with E-state index in [-0.39, 0.29) is 10.6 Å². The molecule has 0 radical (unpaired) electrons. The Bertz CT molecular complexity index is 429. The number of nitro groups is 1. The topological polar surface area (TPSA) is 46.4 Å². The molecule has 1 aromatic rings. The molecule has 1 aliphatic heterocycles. The Kier molecular flexibility index (Phi) is 2.90. The smallest absolute Gasteiger partial charge is 0.269 e. The van der Waals surface area contributed by atoms with Crippen LogP contribution in [0.4, 0.5) is 11.4 Å². The van der Waals surface area contributed by atoms with E-state index in [0.29, 0.717) is 0 Å². The first-order valence-corrected chi connectivity index (χ1v) is 5.35. The average molecular weight is 218 g/mol. The van der Waals surface area contributed by atoms with Crippen molar-refractivity contribution >= 4 is 11.4 Å². The standard InChI is InChI=1S/C12H14N2O2/c1-2-7-13-8-3-4-10-9-11(14(15)16)5-6-12(10)13/h2,5-6,9H,1,3-4,7-8H2. The fraction of sp³-hybridized carbons (Fsp3) is 0.333. The summed E-state index contributed by atoms with van der Waals surface area (Å²) in [4.78, 5) is 12.5. The number of nitrogens with zero attached hydrogens (tertiary/aromatic N) is 2. The highest BCUT2D eigenvalue weighted by atomic mass is 16.6. The van der Waals surface area contributed by atoms with Crippen LogP contribution >= 0.6 is 0 Å². The molecule has 16 heavy (non-hydrogen) atoms. The van der Waals surface area contributed by atoms with Crippen molar-refractivity contribution in [1.29, 1.82) is 0 Å². The molecule has 0 spiro atoms. The van der Waals surface area contributed by atoms with Gasteiger partial charge in [-0.1, -0.05) is 6.08 Å². The summed E-state index contributed by atoms with van der Waals surface area (Å²) >= 11 is 0. The number of non-ortho nitro benzene ring substituents is 1. The molecular weight excluding hydrogens is 204 g/mol. The molecule has 0 N–H and O–H groups in total. The molecule has 0 saturated carbocycles. The van der Waals surface area contributed by atoms with Gasteiger partial charge < -0.3 is 4.90 Å². The number of benzene rings is 1. The summed E-state index contributed by atoms with van der Waals surface area (Å²) in [5.74, 6) is 0. The molecule has 0 fully saturated rings. The Morgan fingerprint density at radius 2 is 2.38 bits per heavy atom. The Morgan fingerprint density at radius 3 is 3.06 bits per heavy atom. The second-order valence-corrected chi connectivity index (χ2v) is 3.91. The van der Waals surface area contributed by atoms with Gasteiger partial charge in [-0.2, -0.15) is 0 Å². The van der Waals surface area contributed by atoms with Crippen LogP contribution < -0.4 is 4.90 Å². The molecule has 84 valence electrons. The quantitative estimate of drug-likeness (QED) is 0.445. The predicted octanol–water partition coefficient (Wildman–Crippen LogP) is 2.53. The maximum absolute atomic E-state index is 10.7. The molecule has 0 bridgehead atoms.